The van der Waals surface area contributed by atoms with E-state index in [4.69, 9.17) is 0 Å². The third kappa shape index (κ3) is 5.86. The fourth-order valence-corrected chi connectivity index (χ4v) is 2.73. The van der Waals surface area contributed by atoms with Crippen LogP contribution in [0.3, 0.4) is 0 Å². The lowest BCUT2D eigenvalue weighted by molar-refractivity contribution is -0.117. The zero-order valence-electron chi connectivity index (χ0n) is 13.2. The largest absolute Gasteiger partial charge is 0.325 e. The van der Waals surface area contributed by atoms with Gasteiger partial charge in [0.05, 0.1) is 6.54 Å². The normalized spacial score (nSPS) is 16.1. The first-order valence-electron chi connectivity index (χ1n) is 7.89. The second kappa shape index (κ2) is 8.15. The van der Waals surface area contributed by atoms with E-state index in [0.717, 1.165) is 31.2 Å². The number of amides is 1. The van der Waals surface area contributed by atoms with Crippen molar-refractivity contribution in [3.05, 3.63) is 29.8 Å². The Morgan fingerprint density at radius 2 is 1.95 bits per heavy atom. The zero-order valence-corrected chi connectivity index (χ0v) is 13.2. The first kappa shape index (κ1) is 16.0. The van der Waals surface area contributed by atoms with Crippen LogP contribution in [0.25, 0.3) is 0 Å². The predicted molar refractivity (Wildman–Crippen MR) is 87.5 cm³/mol. The molecule has 2 rings (SSSR count). The molecular weight excluding hydrogens is 262 g/mol. The number of rotatable bonds is 6. The van der Waals surface area contributed by atoms with Crippen LogP contribution in [-0.2, 0) is 4.79 Å². The standard InChI is InChI=1S/C17H27N3O/c1-14-3-5-16(6-4-14)19-17(21)13-20(2)12-9-15-7-10-18-11-8-15/h3-6,15,18H,7-13H2,1-2H3,(H,19,21). The van der Waals surface area contributed by atoms with E-state index in [1.807, 2.05) is 38.2 Å². The highest BCUT2D eigenvalue weighted by Gasteiger charge is 2.14. The molecule has 0 aromatic heterocycles. The van der Waals surface area contributed by atoms with Crippen LogP contribution in [0.5, 0.6) is 0 Å². The van der Waals surface area contributed by atoms with Crippen LogP contribution in [0.4, 0.5) is 5.69 Å². The predicted octanol–water partition coefficient (Wildman–Crippen LogP) is 2.26. The average molecular weight is 289 g/mol. The maximum atomic E-state index is 12.0. The Labute approximate surface area is 127 Å². The van der Waals surface area contributed by atoms with E-state index in [-0.39, 0.29) is 5.91 Å². The summed E-state index contributed by atoms with van der Waals surface area (Å²) < 4.78 is 0. The molecule has 0 spiro atoms. The van der Waals surface area contributed by atoms with Crippen LogP contribution < -0.4 is 10.6 Å². The van der Waals surface area contributed by atoms with E-state index in [1.54, 1.807) is 0 Å². The quantitative estimate of drug-likeness (QED) is 0.844. The Bertz CT molecular complexity index is 438. The van der Waals surface area contributed by atoms with Gasteiger partial charge in [-0.3, -0.25) is 9.69 Å². The molecule has 1 aliphatic heterocycles. The van der Waals surface area contributed by atoms with Crippen molar-refractivity contribution in [3.63, 3.8) is 0 Å². The molecule has 0 unspecified atom stereocenters. The molecule has 1 aromatic carbocycles. The summed E-state index contributed by atoms with van der Waals surface area (Å²) in [5.41, 5.74) is 2.07. The number of carbonyl (C=O) groups is 1. The number of likely N-dealkylation sites (N-methyl/N-ethyl adjacent to an activating group) is 1. The third-order valence-electron chi connectivity index (χ3n) is 4.13. The highest BCUT2D eigenvalue weighted by Crippen LogP contribution is 2.16. The minimum absolute atomic E-state index is 0.0617. The third-order valence-corrected chi connectivity index (χ3v) is 4.13. The lowest BCUT2D eigenvalue weighted by atomic mass is 9.94. The summed E-state index contributed by atoms with van der Waals surface area (Å²) in [4.78, 5) is 14.1. The minimum Gasteiger partial charge on any atom is -0.325 e. The summed E-state index contributed by atoms with van der Waals surface area (Å²) in [6.07, 6.45) is 3.72. The highest BCUT2D eigenvalue weighted by molar-refractivity contribution is 5.92. The van der Waals surface area contributed by atoms with Gasteiger partial charge in [-0.1, -0.05) is 17.7 Å². The number of nitrogens with zero attached hydrogens (tertiary/aromatic N) is 1. The summed E-state index contributed by atoms with van der Waals surface area (Å²) in [6, 6.07) is 7.91. The monoisotopic (exact) mass is 289 g/mol. The topological polar surface area (TPSA) is 44.4 Å². The first-order chi connectivity index (χ1) is 10.1. The summed E-state index contributed by atoms with van der Waals surface area (Å²) in [5.74, 6) is 0.875. The van der Waals surface area contributed by atoms with E-state index in [0.29, 0.717) is 6.54 Å². The van der Waals surface area contributed by atoms with Crippen molar-refractivity contribution >= 4 is 11.6 Å². The summed E-state index contributed by atoms with van der Waals surface area (Å²) >= 11 is 0. The molecule has 1 amide bonds. The lowest BCUT2D eigenvalue weighted by Gasteiger charge is -2.25. The molecule has 21 heavy (non-hydrogen) atoms. The summed E-state index contributed by atoms with van der Waals surface area (Å²) in [5, 5.41) is 6.34. The van der Waals surface area contributed by atoms with Crippen molar-refractivity contribution in [2.75, 3.05) is 38.5 Å². The van der Waals surface area contributed by atoms with Crippen molar-refractivity contribution < 1.29 is 4.79 Å². The van der Waals surface area contributed by atoms with Gasteiger partial charge in [-0.15, -0.1) is 0 Å². The molecule has 1 fully saturated rings. The van der Waals surface area contributed by atoms with Crippen LogP contribution in [0.15, 0.2) is 24.3 Å². The van der Waals surface area contributed by atoms with Crippen molar-refractivity contribution in [1.82, 2.24) is 10.2 Å². The molecule has 2 N–H and O–H groups in total. The molecule has 1 aliphatic rings. The number of hydrogen-bond donors (Lipinski definition) is 2. The lowest BCUT2D eigenvalue weighted by Crippen LogP contribution is -2.33. The minimum atomic E-state index is 0.0617. The number of benzene rings is 1. The number of piperidine rings is 1. The fraction of sp³-hybridized carbons (Fsp3) is 0.588. The van der Waals surface area contributed by atoms with Crippen LogP contribution in [-0.4, -0.2) is 44.0 Å². The molecule has 0 radical (unpaired) electrons. The van der Waals surface area contributed by atoms with E-state index >= 15 is 0 Å². The average Bonchev–Trinajstić information content (AvgIpc) is 2.48. The Morgan fingerprint density at radius 3 is 2.62 bits per heavy atom. The van der Waals surface area contributed by atoms with E-state index in [2.05, 4.69) is 15.5 Å². The van der Waals surface area contributed by atoms with E-state index in [9.17, 15) is 4.79 Å². The van der Waals surface area contributed by atoms with E-state index in [1.165, 1.54) is 24.8 Å². The maximum absolute atomic E-state index is 12.0. The molecule has 1 saturated heterocycles. The number of hydrogen-bond acceptors (Lipinski definition) is 3. The fourth-order valence-electron chi connectivity index (χ4n) is 2.73. The molecule has 0 saturated carbocycles. The van der Waals surface area contributed by atoms with Crippen LogP contribution in [0.2, 0.25) is 0 Å². The molecule has 0 bridgehead atoms. The summed E-state index contributed by atoms with van der Waals surface area (Å²) in [7, 11) is 2.02. The second-order valence-corrected chi connectivity index (χ2v) is 6.13. The molecule has 0 aliphatic carbocycles. The highest BCUT2D eigenvalue weighted by atomic mass is 16.2. The second-order valence-electron chi connectivity index (χ2n) is 6.13. The van der Waals surface area contributed by atoms with Crippen LogP contribution in [0, 0.1) is 12.8 Å². The van der Waals surface area contributed by atoms with Gasteiger partial charge >= 0.3 is 0 Å². The van der Waals surface area contributed by atoms with Gasteiger partial charge in [-0.05, 0) is 70.9 Å². The van der Waals surface area contributed by atoms with E-state index < -0.39 is 0 Å². The number of carbonyl (C=O) groups excluding carboxylic acids is 1. The van der Waals surface area contributed by atoms with Gasteiger partial charge in [0, 0.05) is 5.69 Å². The van der Waals surface area contributed by atoms with Crippen molar-refractivity contribution in [2.24, 2.45) is 5.92 Å². The first-order valence-corrected chi connectivity index (χ1v) is 7.89. The Morgan fingerprint density at radius 1 is 1.29 bits per heavy atom. The molecular formula is C17H27N3O. The molecule has 4 heteroatoms. The van der Waals surface area contributed by atoms with Crippen molar-refractivity contribution in [1.29, 1.82) is 0 Å². The smallest absolute Gasteiger partial charge is 0.238 e. The number of nitrogens with one attached hydrogen (secondary N) is 2. The Hall–Kier alpha value is -1.39. The van der Waals surface area contributed by atoms with Gasteiger partial charge < -0.3 is 10.6 Å². The number of aryl methyl sites for hydroxylation is 1. The van der Waals surface area contributed by atoms with Gasteiger partial charge in [0.1, 0.15) is 0 Å². The zero-order chi connectivity index (χ0) is 15.1. The molecule has 1 aromatic rings. The van der Waals surface area contributed by atoms with Gasteiger partial charge in [-0.25, -0.2) is 0 Å². The van der Waals surface area contributed by atoms with Gasteiger partial charge in [0.15, 0.2) is 0 Å². The Kier molecular flexibility index (Phi) is 6.21. The number of anilines is 1. The Balaban J connectivity index is 1.67. The molecule has 1 heterocycles. The van der Waals surface area contributed by atoms with Crippen LogP contribution >= 0.6 is 0 Å². The molecule has 116 valence electrons. The maximum Gasteiger partial charge on any atom is 0.238 e. The molecule has 4 nitrogen and oxygen atoms in total. The van der Waals surface area contributed by atoms with Gasteiger partial charge in [-0.2, -0.15) is 0 Å². The van der Waals surface area contributed by atoms with Gasteiger partial charge in [0.2, 0.25) is 5.91 Å². The van der Waals surface area contributed by atoms with Crippen molar-refractivity contribution in [3.8, 4) is 0 Å². The molecule has 0 atom stereocenters. The SMILES string of the molecule is Cc1ccc(NC(=O)CN(C)CCC2CCNCC2)cc1. The van der Waals surface area contributed by atoms with Crippen molar-refractivity contribution in [2.45, 2.75) is 26.2 Å². The van der Waals surface area contributed by atoms with Crippen LogP contribution in [0.1, 0.15) is 24.8 Å². The summed E-state index contributed by atoms with van der Waals surface area (Å²) in [6.45, 7) is 5.77. The van der Waals surface area contributed by atoms with Gasteiger partial charge in [0.25, 0.3) is 0 Å².